The highest BCUT2D eigenvalue weighted by atomic mass is 35.5. The molecule has 0 amide bonds. The molecular formula is C22H23Cl2N3O2. The Balaban J connectivity index is 1.60. The monoisotopic (exact) mass is 431 g/mol. The summed E-state index contributed by atoms with van der Waals surface area (Å²) in [5, 5.41) is 8.36. The molecule has 3 heterocycles. The number of hydrogen-bond donors (Lipinski definition) is 0. The summed E-state index contributed by atoms with van der Waals surface area (Å²) in [7, 11) is 3.84. The minimum absolute atomic E-state index is 0.113. The molecule has 0 N–H and O–H groups in total. The van der Waals surface area contributed by atoms with Crippen molar-refractivity contribution in [2.75, 3.05) is 27.2 Å². The molecule has 0 radical (unpaired) electrons. The van der Waals surface area contributed by atoms with E-state index in [1.807, 2.05) is 30.3 Å². The molecule has 0 saturated carbocycles. The van der Waals surface area contributed by atoms with Crippen molar-refractivity contribution < 1.29 is 9.47 Å². The van der Waals surface area contributed by atoms with Crippen LogP contribution in [0.4, 0.5) is 0 Å². The molecule has 5 nitrogen and oxygen atoms in total. The van der Waals surface area contributed by atoms with Crippen molar-refractivity contribution in [1.29, 1.82) is 0 Å². The van der Waals surface area contributed by atoms with Gasteiger partial charge in [0.2, 0.25) is 5.72 Å². The molecule has 3 aliphatic rings. The van der Waals surface area contributed by atoms with Crippen molar-refractivity contribution in [1.82, 2.24) is 9.91 Å². The summed E-state index contributed by atoms with van der Waals surface area (Å²) in [6.07, 6.45) is 2.56. The summed E-state index contributed by atoms with van der Waals surface area (Å²) in [5.74, 6) is 1.63. The van der Waals surface area contributed by atoms with Gasteiger partial charge >= 0.3 is 0 Å². The number of rotatable bonds is 2. The minimum Gasteiger partial charge on any atom is -0.493 e. The zero-order valence-corrected chi connectivity index (χ0v) is 18.0. The third-order valence-corrected chi connectivity index (χ3v) is 6.97. The molecule has 0 bridgehead atoms. The Morgan fingerprint density at radius 1 is 1.14 bits per heavy atom. The Bertz CT molecular complexity index is 986. The molecule has 29 heavy (non-hydrogen) atoms. The van der Waals surface area contributed by atoms with Crippen LogP contribution < -0.4 is 9.47 Å². The quantitative estimate of drug-likeness (QED) is 0.672. The first-order valence-corrected chi connectivity index (χ1v) is 10.6. The third kappa shape index (κ3) is 3.07. The van der Waals surface area contributed by atoms with Crippen LogP contribution in [0, 0.1) is 0 Å². The largest absolute Gasteiger partial charge is 0.493 e. The van der Waals surface area contributed by atoms with Gasteiger partial charge in [0.25, 0.3) is 0 Å². The Hall–Kier alpha value is -1.95. The minimum atomic E-state index is -0.462. The number of para-hydroxylation sites is 1. The molecule has 0 aliphatic carbocycles. The molecule has 2 aromatic rings. The van der Waals surface area contributed by atoms with Crippen LogP contribution in [-0.2, 0) is 0 Å². The van der Waals surface area contributed by atoms with Crippen LogP contribution in [0.25, 0.3) is 0 Å². The number of benzene rings is 2. The van der Waals surface area contributed by atoms with Gasteiger partial charge in [0.1, 0.15) is 0 Å². The molecule has 1 spiro atoms. The highest BCUT2D eigenvalue weighted by Crippen LogP contribution is 2.52. The fraction of sp³-hybridized carbons (Fsp3) is 0.409. The number of piperidine rings is 1. The van der Waals surface area contributed by atoms with Gasteiger partial charge in [0.05, 0.1) is 28.9 Å². The standard InChI is InChI=1S/C22H23Cl2N3O2/c1-26-10-8-22(9-11-26)27-19(15-4-3-5-20(28-2)21(15)29-22)13-18(25-27)14-6-7-16(23)17(24)12-14/h3-7,12,19H,8-11,13H2,1-2H3. The smallest absolute Gasteiger partial charge is 0.200 e. The molecule has 1 atom stereocenters. The number of hydrogen-bond acceptors (Lipinski definition) is 5. The first-order valence-electron chi connectivity index (χ1n) is 9.87. The predicted octanol–water partition coefficient (Wildman–Crippen LogP) is 4.97. The number of fused-ring (bicyclic) bond motifs is 4. The highest BCUT2D eigenvalue weighted by Gasteiger charge is 2.52. The Kier molecular flexibility index (Phi) is 4.65. The average molecular weight is 432 g/mol. The maximum absolute atomic E-state index is 6.69. The van der Waals surface area contributed by atoms with Crippen molar-refractivity contribution in [3.63, 3.8) is 0 Å². The van der Waals surface area contributed by atoms with E-state index < -0.39 is 5.72 Å². The average Bonchev–Trinajstić information content (AvgIpc) is 3.19. The van der Waals surface area contributed by atoms with Crippen molar-refractivity contribution in [2.24, 2.45) is 5.10 Å². The van der Waals surface area contributed by atoms with Crippen LogP contribution in [0.2, 0.25) is 10.0 Å². The summed E-state index contributed by atoms with van der Waals surface area (Å²) < 4.78 is 12.3. The summed E-state index contributed by atoms with van der Waals surface area (Å²) in [6, 6.07) is 11.9. The van der Waals surface area contributed by atoms with E-state index >= 15 is 0 Å². The molecular weight excluding hydrogens is 409 g/mol. The van der Waals surface area contributed by atoms with Gasteiger partial charge in [-0.1, -0.05) is 41.4 Å². The van der Waals surface area contributed by atoms with Gasteiger partial charge in [-0.05, 0) is 30.8 Å². The summed E-state index contributed by atoms with van der Waals surface area (Å²) >= 11 is 12.4. The lowest BCUT2D eigenvalue weighted by Gasteiger charge is -2.50. The van der Waals surface area contributed by atoms with Crippen molar-refractivity contribution in [2.45, 2.75) is 31.0 Å². The van der Waals surface area contributed by atoms with Gasteiger partial charge < -0.3 is 14.4 Å². The number of ether oxygens (including phenoxy) is 2. The normalized spacial score (nSPS) is 22.7. The number of methoxy groups -OCH3 is 1. The number of nitrogens with zero attached hydrogens (tertiary/aromatic N) is 3. The molecule has 5 rings (SSSR count). The number of halogens is 2. The zero-order chi connectivity index (χ0) is 20.2. The second-order valence-electron chi connectivity index (χ2n) is 7.97. The van der Waals surface area contributed by atoms with E-state index in [0.29, 0.717) is 10.0 Å². The molecule has 152 valence electrons. The van der Waals surface area contributed by atoms with Crippen molar-refractivity contribution >= 4 is 28.9 Å². The van der Waals surface area contributed by atoms with Gasteiger partial charge in [0.15, 0.2) is 11.5 Å². The Labute approximate surface area is 180 Å². The van der Waals surface area contributed by atoms with Gasteiger partial charge in [-0.2, -0.15) is 5.10 Å². The van der Waals surface area contributed by atoms with E-state index in [-0.39, 0.29) is 6.04 Å². The third-order valence-electron chi connectivity index (χ3n) is 6.23. The molecule has 3 aliphatic heterocycles. The number of hydrazone groups is 1. The van der Waals surface area contributed by atoms with E-state index in [0.717, 1.165) is 60.7 Å². The van der Waals surface area contributed by atoms with Gasteiger partial charge in [-0.25, -0.2) is 5.01 Å². The lowest BCUT2D eigenvalue weighted by Crippen LogP contribution is -2.58. The van der Waals surface area contributed by atoms with E-state index in [1.54, 1.807) is 7.11 Å². The van der Waals surface area contributed by atoms with Gasteiger partial charge in [-0.15, -0.1) is 0 Å². The fourth-order valence-electron chi connectivity index (χ4n) is 4.58. The van der Waals surface area contributed by atoms with E-state index in [2.05, 4.69) is 23.0 Å². The van der Waals surface area contributed by atoms with Crippen molar-refractivity contribution in [3.8, 4) is 11.5 Å². The zero-order valence-electron chi connectivity index (χ0n) is 16.5. The van der Waals surface area contributed by atoms with Crippen LogP contribution in [0.15, 0.2) is 41.5 Å². The first-order chi connectivity index (χ1) is 14.0. The van der Waals surface area contributed by atoms with Gasteiger partial charge in [0, 0.05) is 37.9 Å². The topological polar surface area (TPSA) is 37.3 Å². The predicted molar refractivity (Wildman–Crippen MR) is 115 cm³/mol. The molecule has 1 fully saturated rings. The van der Waals surface area contributed by atoms with E-state index in [9.17, 15) is 0 Å². The van der Waals surface area contributed by atoms with Crippen LogP contribution >= 0.6 is 23.2 Å². The number of likely N-dealkylation sites (tertiary alicyclic amines) is 1. The van der Waals surface area contributed by atoms with Crippen LogP contribution in [0.3, 0.4) is 0 Å². The fourth-order valence-corrected chi connectivity index (χ4v) is 4.88. The van der Waals surface area contributed by atoms with Crippen LogP contribution in [0.5, 0.6) is 11.5 Å². The SMILES string of the molecule is COc1cccc2c1OC1(CCN(C)CC1)N1N=C(c3ccc(Cl)c(Cl)c3)CC21. The summed E-state index contributed by atoms with van der Waals surface area (Å²) in [5.41, 5.74) is 2.66. The first kappa shape index (κ1) is 19.0. The molecule has 7 heteroatoms. The maximum Gasteiger partial charge on any atom is 0.200 e. The lowest BCUT2D eigenvalue weighted by molar-refractivity contribution is -0.148. The highest BCUT2D eigenvalue weighted by molar-refractivity contribution is 6.42. The lowest BCUT2D eigenvalue weighted by atomic mass is 9.90. The Morgan fingerprint density at radius 2 is 1.93 bits per heavy atom. The van der Waals surface area contributed by atoms with E-state index in [4.69, 9.17) is 37.8 Å². The van der Waals surface area contributed by atoms with E-state index in [1.165, 1.54) is 0 Å². The second kappa shape index (κ2) is 7.08. The van der Waals surface area contributed by atoms with Crippen LogP contribution in [-0.4, -0.2) is 48.6 Å². The molecule has 1 unspecified atom stereocenters. The summed E-state index contributed by atoms with van der Waals surface area (Å²) in [6.45, 7) is 1.93. The molecule has 2 aromatic carbocycles. The van der Waals surface area contributed by atoms with Crippen molar-refractivity contribution in [3.05, 3.63) is 57.6 Å². The maximum atomic E-state index is 6.69. The van der Waals surface area contributed by atoms with Crippen LogP contribution in [0.1, 0.15) is 36.4 Å². The molecule has 1 saturated heterocycles. The second-order valence-corrected chi connectivity index (χ2v) is 8.78. The Morgan fingerprint density at radius 3 is 2.66 bits per heavy atom. The summed E-state index contributed by atoms with van der Waals surface area (Å²) in [4.78, 5) is 2.33. The van der Waals surface area contributed by atoms with Gasteiger partial charge in [-0.3, -0.25) is 0 Å². The molecule has 0 aromatic heterocycles.